The van der Waals surface area contributed by atoms with Gasteiger partial charge in [0.2, 0.25) is 0 Å². The molecule has 1 saturated heterocycles. The number of ether oxygens (including phenoxy) is 1. The van der Waals surface area contributed by atoms with Gasteiger partial charge in [-0.1, -0.05) is 11.6 Å². The molecule has 0 saturated carbocycles. The van der Waals surface area contributed by atoms with E-state index in [-0.39, 0.29) is 0 Å². The SMILES string of the molecule is CC1=CC2COCC(C1)N2. The number of morpholine rings is 1. The first-order valence-electron chi connectivity index (χ1n) is 3.86. The molecule has 10 heavy (non-hydrogen) atoms. The highest BCUT2D eigenvalue weighted by Gasteiger charge is 2.23. The van der Waals surface area contributed by atoms with Gasteiger partial charge in [0, 0.05) is 12.1 Å². The predicted octanol–water partition coefficient (Wildman–Crippen LogP) is 0.693. The molecule has 2 atom stereocenters. The van der Waals surface area contributed by atoms with Crippen LogP contribution in [0.25, 0.3) is 0 Å². The van der Waals surface area contributed by atoms with Crippen LogP contribution in [0.5, 0.6) is 0 Å². The maximum atomic E-state index is 5.38. The molecule has 0 radical (unpaired) electrons. The molecule has 2 rings (SSSR count). The molecule has 56 valence electrons. The van der Waals surface area contributed by atoms with Gasteiger partial charge >= 0.3 is 0 Å². The Morgan fingerprint density at radius 3 is 3.30 bits per heavy atom. The van der Waals surface area contributed by atoms with Gasteiger partial charge in [0.15, 0.2) is 0 Å². The Kier molecular flexibility index (Phi) is 1.51. The van der Waals surface area contributed by atoms with E-state index >= 15 is 0 Å². The van der Waals surface area contributed by atoms with Gasteiger partial charge in [-0.15, -0.1) is 0 Å². The molecule has 2 aliphatic rings. The summed E-state index contributed by atoms with van der Waals surface area (Å²) in [6, 6.07) is 1.08. The van der Waals surface area contributed by atoms with E-state index in [4.69, 9.17) is 4.74 Å². The summed E-state index contributed by atoms with van der Waals surface area (Å²) in [4.78, 5) is 0. The highest BCUT2D eigenvalue weighted by Crippen LogP contribution is 2.16. The standard InChI is InChI=1S/C8H13NO/c1-6-2-7-4-10-5-8(3-6)9-7/h2,7-9H,3-5H2,1H3. The Labute approximate surface area is 61.3 Å². The van der Waals surface area contributed by atoms with Crippen LogP contribution in [0.4, 0.5) is 0 Å². The molecule has 2 heterocycles. The zero-order valence-corrected chi connectivity index (χ0v) is 6.26. The van der Waals surface area contributed by atoms with Gasteiger partial charge in [-0.3, -0.25) is 0 Å². The van der Waals surface area contributed by atoms with Gasteiger partial charge < -0.3 is 10.1 Å². The minimum absolute atomic E-state index is 0.493. The zero-order valence-electron chi connectivity index (χ0n) is 6.26. The summed E-state index contributed by atoms with van der Waals surface area (Å²) < 4.78 is 5.38. The van der Waals surface area contributed by atoms with Gasteiger partial charge in [-0.05, 0) is 13.3 Å². The smallest absolute Gasteiger partial charge is 0.0656 e. The second-order valence-electron chi connectivity index (χ2n) is 3.22. The summed E-state index contributed by atoms with van der Waals surface area (Å²) in [7, 11) is 0. The van der Waals surface area contributed by atoms with Crippen LogP contribution in [0, 0.1) is 0 Å². The molecule has 0 aromatic rings. The molecule has 2 bridgehead atoms. The lowest BCUT2D eigenvalue weighted by Gasteiger charge is -2.34. The Morgan fingerprint density at radius 2 is 2.50 bits per heavy atom. The molecule has 0 spiro atoms. The summed E-state index contributed by atoms with van der Waals surface area (Å²) in [5, 5.41) is 3.48. The van der Waals surface area contributed by atoms with Crippen molar-refractivity contribution in [2.24, 2.45) is 0 Å². The van der Waals surface area contributed by atoms with Crippen molar-refractivity contribution in [3.63, 3.8) is 0 Å². The molecule has 1 fully saturated rings. The van der Waals surface area contributed by atoms with Gasteiger partial charge in [-0.25, -0.2) is 0 Å². The van der Waals surface area contributed by atoms with Crippen molar-refractivity contribution in [2.75, 3.05) is 13.2 Å². The van der Waals surface area contributed by atoms with Crippen LogP contribution >= 0.6 is 0 Å². The van der Waals surface area contributed by atoms with E-state index < -0.39 is 0 Å². The Hall–Kier alpha value is -0.340. The van der Waals surface area contributed by atoms with Gasteiger partial charge in [-0.2, -0.15) is 0 Å². The summed E-state index contributed by atoms with van der Waals surface area (Å²) >= 11 is 0. The van der Waals surface area contributed by atoms with E-state index in [0.717, 1.165) is 19.6 Å². The van der Waals surface area contributed by atoms with Crippen LogP contribution in [0.3, 0.4) is 0 Å². The lowest BCUT2D eigenvalue weighted by atomic mass is 9.98. The van der Waals surface area contributed by atoms with E-state index in [1.165, 1.54) is 5.57 Å². The van der Waals surface area contributed by atoms with Crippen molar-refractivity contribution in [3.8, 4) is 0 Å². The second kappa shape index (κ2) is 2.36. The maximum absolute atomic E-state index is 5.38. The normalized spacial score (nSPS) is 39.1. The molecule has 0 aliphatic carbocycles. The van der Waals surface area contributed by atoms with E-state index in [1.54, 1.807) is 0 Å². The fraction of sp³-hybridized carbons (Fsp3) is 0.750. The van der Waals surface area contributed by atoms with Crippen LogP contribution in [0.15, 0.2) is 11.6 Å². The van der Waals surface area contributed by atoms with Crippen molar-refractivity contribution < 1.29 is 4.74 Å². The molecule has 0 aromatic heterocycles. The first kappa shape index (κ1) is 6.38. The van der Waals surface area contributed by atoms with Crippen molar-refractivity contribution in [1.82, 2.24) is 5.32 Å². The Morgan fingerprint density at radius 1 is 1.60 bits per heavy atom. The van der Waals surface area contributed by atoms with Crippen molar-refractivity contribution in [2.45, 2.75) is 25.4 Å². The third kappa shape index (κ3) is 1.09. The fourth-order valence-corrected chi connectivity index (χ4v) is 1.75. The third-order valence-electron chi connectivity index (χ3n) is 2.12. The monoisotopic (exact) mass is 139 g/mol. The summed E-state index contributed by atoms with van der Waals surface area (Å²) in [5.74, 6) is 0. The second-order valence-corrected chi connectivity index (χ2v) is 3.22. The van der Waals surface area contributed by atoms with Crippen LogP contribution in [-0.4, -0.2) is 25.3 Å². The van der Waals surface area contributed by atoms with E-state index in [1.807, 2.05) is 0 Å². The number of nitrogens with one attached hydrogen (secondary N) is 1. The molecule has 2 heteroatoms. The minimum atomic E-state index is 0.493. The maximum Gasteiger partial charge on any atom is 0.0656 e. The number of hydrogen-bond acceptors (Lipinski definition) is 2. The minimum Gasteiger partial charge on any atom is -0.378 e. The van der Waals surface area contributed by atoms with Crippen LogP contribution in [0.2, 0.25) is 0 Å². The molecule has 2 aliphatic heterocycles. The van der Waals surface area contributed by atoms with E-state index in [2.05, 4.69) is 18.3 Å². The molecule has 0 aromatic carbocycles. The molecular weight excluding hydrogens is 126 g/mol. The largest absolute Gasteiger partial charge is 0.378 e. The summed E-state index contributed by atoms with van der Waals surface area (Å²) in [6.07, 6.45) is 3.44. The average Bonchev–Trinajstić information content (AvgIpc) is 1.85. The predicted molar refractivity (Wildman–Crippen MR) is 39.9 cm³/mol. The highest BCUT2D eigenvalue weighted by atomic mass is 16.5. The fourth-order valence-electron chi connectivity index (χ4n) is 1.75. The number of fused-ring (bicyclic) bond motifs is 2. The molecule has 2 nitrogen and oxygen atoms in total. The zero-order chi connectivity index (χ0) is 6.97. The molecule has 1 N–H and O–H groups in total. The lowest BCUT2D eigenvalue weighted by Crippen LogP contribution is -2.50. The molecule has 0 amide bonds. The number of hydrogen-bond donors (Lipinski definition) is 1. The Balaban J connectivity index is 2.14. The lowest BCUT2D eigenvalue weighted by molar-refractivity contribution is 0.0531. The quantitative estimate of drug-likeness (QED) is 0.499. The van der Waals surface area contributed by atoms with Crippen LogP contribution < -0.4 is 5.32 Å². The topological polar surface area (TPSA) is 21.3 Å². The molecular formula is C8H13NO. The molecule has 2 unspecified atom stereocenters. The van der Waals surface area contributed by atoms with Crippen molar-refractivity contribution >= 4 is 0 Å². The van der Waals surface area contributed by atoms with Gasteiger partial charge in [0.25, 0.3) is 0 Å². The van der Waals surface area contributed by atoms with Crippen molar-refractivity contribution in [3.05, 3.63) is 11.6 Å². The summed E-state index contributed by atoms with van der Waals surface area (Å²) in [6.45, 7) is 3.95. The van der Waals surface area contributed by atoms with Crippen LogP contribution in [0.1, 0.15) is 13.3 Å². The average molecular weight is 139 g/mol. The first-order chi connectivity index (χ1) is 4.84. The van der Waals surface area contributed by atoms with E-state index in [9.17, 15) is 0 Å². The first-order valence-corrected chi connectivity index (χ1v) is 3.86. The third-order valence-corrected chi connectivity index (χ3v) is 2.12. The van der Waals surface area contributed by atoms with Crippen LogP contribution in [-0.2, 0) is 4.74 Å². The highest BCUT2D eigenvalue weighted by molar-refractivity contribution is 5.12. The van der Waals surface area contributed by atoms with Crippen molar-refractivity contribution in [1.29, 1.82) is 0 Å². The van der Waals surface area contributed by atoms with Gasteiger partial charge in [0.1, 0.15) is 0 Å². The van der Waals surface area contributed by atoms with Gasteiger partial charge in [0.05, 0.1) is 13.2 Å². The van der Waals surface area contributed by atoms with E-state index in [0.29, 0.717) is 12.1 Å². The number of rotatable bonds is 0. The Bertz CT molecular complexity index is 165. The summed E-state index contributed by atoms with van der Waals surface area (Å²) in [5.41, 5.74) is 1.51.